The summed E-state index contributed by atoms with van der Waals surface area (Å²) in [6.45, 7) is 1.82. The molecule has 0 saturated heterocycles. The zero-order valence-corrected chi connectivity index (χ0v) is 14.3. The van der Waals surface area contributed by atoms with E-state index in [1.54, 1.807) is 18.4 Å². The van der Waals surface area contributed by atoms with Crippen molar-refractivity contribution in [3.8, 4) is 11.5 Å². The topological polar surface area (TPSA) is 30.8 Å². The van der Waals surface area contributed by atoms with Crippen LogP contribution in [0, 0.1) is 5.82 Å². The van der Waals surface area contributed by atoms with Crippen molar-refractivity contribution in [2.75, 3.05) is 0 Å². The summed E-state index contributed by atoms with van der Waals surface area (Å²) in [5.74, 6) is 1.32. The van der Waals surface area contributed by atoms with Crippen LogP contribution in [0.25, 0.3) is 0 Å². The van der Waals surface area contributed by atoms with Gasteiger partial charge in [0.25, 0.3) is 0 Å². The molecule has 3 rings (SSSR count). The van der Waals surface area contributed by atoms with Gasteiger partial charge in [0.2, 0.25) is 5.90 Å². The third-order valence-corrected chi connectivity index (χ3v) is 3.45. The first kappa shape index (κ1) is 17.4. The van der Waals surface area contributed by atoms with Crippen molar-refractivity contribution in [3.05, 3.63) is 103 Å². The Morgan fingerprint density at radius 3 is 2.15 bits per heavy atom. The van der Waals surface area contributed by atoms with Crippen molar-refractivity contribution in [1.82, 2.24) is 0 Å². The molecule has 0 saturated carbocycles. The number of rotatable bonds is 5. The molecule has 0 atom stereocenters. The quantitative estimate of drug-likeness (QED) is 0.326. The monoisotopic (exact) mass is 347 g/mol. The maximum atomic E-state index is 13.5. The highest BCUT2D eigenvalue weighted by Crippen LogP contribution is 2.19. The van der Waals surface area contributed by atoms with Gasteiger partial charge in [-0.1, -0.05) is 42.5 Å². The van der Waals surface area contributed by atoms with Crippen LogP contribution in [-0.4, -0.2) is 5.90 Å². The summed E-state index contributed by atoms with van der Waals surface area (Å²) in [5.41, 5.74) is 1.13. The Balaban J connectivity index is 1.88. The summed E-state index contributed by atoms with van der Waals surface area (Å²) in [6, 6.07) is 24.7. The van der Waals surface area contributed by atoms with Crippen LogP contribution in [0.2, 0.25) is 0 Å². The minimum atomic E-state index is -0.354. The summed E-state index contributed by atoms with van der Waals surface area (Å²) in [6.07, 6.45) is 1.57. The Morgan fingerprint density at radius 2 is 1.50 bits per heavy atom. The third kappa shape index (κ3) is 5.05. The minimum Gasteiger partial charge on any atom is -0.465 e. The maximum Gasteiger partial charge on any atom is 0.225 e. The van der Waals surface area contributed by atoms with Crippen LogP contribution in [0.3, 0.4) is 0 Å². The Labute approximate surface area is 152 Å². The molecule has 0 aromatic heterocycles. The van der Waals surface area contributed by atoms with E-state index in [0.717, 1.165) is 0 Å². The van der Waals surface area contributed by atoms with Gasteiger partial charge in [-0.25, -0.2) is 9.38 Å². The molecule has 0 bridgehead atoms. The van der Waals surface area contributed by atoms with Crippen molar-refractivity contribution in [2.24, 2.45) is 4.99 Å². The number of para-hydroxylation sites is 2. The van der Waals surface area contributed by atoms with Crippen molar-refractivity contribution in [3.63, 3.8) is 0 Å². The Bertz CT molecular complexity index is 906. The number of ether oxygens (including phenoxy) is 2. The van der Waals surface area contributed by atoms with Crippen molar-refractivity contribution >= 4 is 11.6 Å². The van der Waals surface area contributed by atoms with E-state index in [4.69, 9.17) is 9.47 Å². The highest BCUT2D eigenvalue weighted by atomic mass is 19.1. The molecule has 0 amide bonds. The van der Waals surface area contributed by atoms with Crippen LogP contribution in [0.4, 0.5) is 10.1 Å². The van der Waals surface area contributed by atoms with Crippen LogP contribution in [0.5, 0.6) is 11.5 Å². The zero-order chi connectivity index (χ0) is 18.2. The number of aliphatic imine (C=N–C) groups is 1. The molecule has 0 N–H and O–H groups in total. The largest absolute Gasteiger partial charge is 0.465 e. The lowest BCUT2D eigenvalue weighted by Crippen LogP contribution is -2.10. The molecule has 130 valence electrons. The number of nitrogens with zero attached hydrogens (tertiary/aromatic N) is 1. The van der Waals surface area contributed by atoms with Crippen LogP contribution in [0.1, 0.15) is 6.92 Å². The molecule has 3 nitrogen and oxygen atoms in total. The molecule has 0 spiro atoms. The van der Waals surface area contributed by atoms with Crippen LogP contribution < -0.4 is 9.47 Å². The highest BCUT2D eigenvalue weighted by molar-refractivity contribution is 5.96. The van der Waals surface area contributed by atoms with Crippen molar-refractivity contribution < 1.29 is 13.9 Å². The van der Waals surface area contributed by atoms with Gasteiger partial charge in [-0.3, -0.25) is 0 Å². The first-order chi connectivity index (χ1) is 12.7. The van der Waals surface area contributed by atoms with Gasteiger partial charge in [0, 0.05) is 5.57 Å². The van der Waals surface area contributed by atoms with Gasteiger partial charge in [0.1, 0.15) is 17.3 Å². The molecular weight excluding hydrogens is 329 g/mol. The predicted octanol–water partition coefficient (Wildman–Crippen LogP) is 5.92. The maximum absolute atomic E-state index is 13.5. The third-order valence-electron chi connectivity index (χ3n) is 3.45. The lowest BCUT2D eigenvalue weighted by atomic mass is 10.3. The molecule has 4 heteroatoms. The van der Waals surface area contributed by atoms with E-state index in [1.807, 2.05) is 67.6 Å². The smallest absolute Gasteiger partial charge is 0.225 e. The lowest BCUT2D eigenvalue weighted by molar-refractivity contribution is 0.473. The van der Waals surface area contributed by atoms with Gasteiger partial charge >= 0.3 is 0 Å². The second kappa shape index (κ2) is 8.62. The standard InChI is InChI=1S/C22H18FNO2/c1-17(16-25-20-11-4-2-5-12-20)22(26-21-13-6-3-7-14-21)24-19-10-8-9-18(23)15-19/h2-16H,1H3. The number of benzene rings is 3. The van der Waals surface area contributed by atoms with Crippen LogP contribution in [-0.2, 0) is 0 Å². The summed E-state index contributed by atoms with van der Waals surface area (Å²) < 4.78 is 25.0. The van der Waals surface area contributed by atoms with Gasteiger partial charge in [-0.2, -0.15) is 0 Å². The van der Waals surface area contributed by atoms with Crippen molar-refractivity contribution in [1.29, 1.82) is 0 Å². The average molecular weight is 347 g/mol. The molecule has 0 unspecified atom stereocenters. The number of halogens is 1. The highest BCUT2D eigenvalue weighted by Gasteiger charge is 2.08. The van der Waals surface area contributed by atoms with Gasteiger partial charge in [-0.05, 0) is 49.4 Å². The second-order valence-electron chi connectivity index (χ2n) is 5.54. The first-order valence-corrected chi connectivity index (χ1v) is 8.17. The van der Waals surface area contributed by atoms with Gasteiger partial charge in [0.15, 0.2) is 0 Å². The zero-order valence-electron chi connectivity index (χ0n) is 14.3. The molecule has 0 heterocycles. The summed E-state index contributed by atoms with van der Waals surface area (Å²) in [4.78, 5) is 4.43. The fourth-order valence-electron chi connectivity index (χ4n) is 2.16. The summed E-state index contributed by atoms with van der Waals surface area (Å²) >= 11 is 0. The number of hydrogen-bond donors (Lipinski definition) is 0. The van der Waals surface area contributed by atoms with Crippen LogP contribution >= 0.6 is 0 Å². The van der Waals surface area contributed by atoms with E-state index in [0.29, 0.717) is 28.7 Å². The van der Waals surface area contributed by atoms with E-state index in [-0.39, 0.29) is 5.82 Å². The summed E-state index contributed by atoms with van der Waals surface area (Å²) in [7, 11) is 0. The normalized spacial score (nSPS) is 11.9. The van der Waals surface area contributed by atoms with E-state index in [9.17, 15) is 4.39 Å². The SMILES string of the molecule is CC(=COc1ccccc1)C(=Nc1cccc(F)c1)Oc1ccccc1. The molecule has 26 heavy (non-hydrogen) atoms. The Hall–Kier alpha value is -3.40. The average Bonchev–Trinajstić information content (AvgIpc) is 2.67. The van der Waals surface area contributed by atoms with Crippen molar-refractivity contribution in [2.45, 2.75) is 6.92 Å². The van der Waals surface area contributed by atoms with E-state index < -0.39 is 0 Å². The minimum absolute atomic E-state index is 0.331. The summed E-state index contributed by atoms with van der Waals surface area (Å²) in [5, 5.41) is 0. The van der Waals surface area contributed by atoms with Gasteiger partial charge in [0.05, 0.1) is 11.9 Å². The fraction of sp³-hybridized carbons (Fsp3) is 0.0455. The number of hydrogen-bond acceptors (Lipinski definition) is 3. The van der Waals surface area contributed by atoms with E-state index in [2.05, 4.69) is 4.99 Å². The van der Waals surface area contributed by atoms with Crippen LogP contribution in [0.15, 0.2) is 102 Å². The lowest BCUT2D eigenvalue weighted by Gasteiger charge is -2.10. The molecule has 0 aliphatic heterocycles. The molecule has 0 fully saturated rings. The Kier molecular flexibility index (Phi) is 5.78. The Morgan fingerprint density at radius 1 is 0.846 bits per heavy atom. The fourth-order valence-corrected chi connectivity index (χ4v) is 2.16. The van der Waals surface area contributed by atoms with Gasteiger partial charge in [-0.15, -0.1) is 0 Å². The van der Waals surface area contributed by atoms with Gasteiger partial charge < -0.3 is 9.47 Å². The molecule has 0 aliphatic carbocycles. The molecule has 0 aliphatic rings. The van der Waals surface area contributed by atoms with E-state index >= 15 is 0 Å². The molecule has 3 aromatic rings. The molecular formula is C22H18FNO2. The predicted molar refractivity (Wildman–Crippen MR) is 101 cm³/mol. The first-order valence-electron chi connectivity index (χ1n) is 8.17. The molecule has 3 aromatic carbocycles. The van der Waals surface area contributed by atoms with E-state index in [1.165, 1.54) is 12.1 Å². The second-order valence-corrected chi connectivity index (χ2v) is 5.54. The molecule has 0 radical (unpaired) electrons.